The lowest BCUT2D eigenvalue weighted by atomic mass is 10.2. The highest BCUT2D eigenvalue weighted by Gasteiger charge is 2.15. The van der Waals surface area contributed by atoms with Gasteiger partial charge in [0.25, 0.3) is 0 Å². The van der Waals surface area contributed by atoms with E-state index in [1.165, 1.54) is 0 Å². The average molecular weight is 308 g/mol. The first-order chi connectivity index (χ1) is 9.99. The highest BCUT2D eigenvalue weighted by molar-refractivity contribution is 7.99. The fourth-order valence-electron chi connectivity index (χ4n) is 1.97. The van der Waals surface area contributed by atoms with E-state index in [-0.39, 0.29) is 18.1 Å². The number of carbonyl (C=O) groups excluding carboxylic acids is 1. The Morgan fingerprint density at radius 3 is 2.90 bits per heavy atom. The van der Waals surface area contributed by atoms with Crippen LogP contribution < -0.4 is 5.73 Å². The van der Waals surface area contributed by atoms with Crippen LogP contribution >= 0.6 is 11.8 Å². The molecule has 2 heterocycles. The quantitative estimate of drug-likeness (QED) is 0.743. The van der Waals surface area contributed by atoms with Crippen molar-refractivity contribution in [1.29, 1.82) is 0 Å². The van der Waals surface area contributed by atoms with E-state index >= 15 is 0 Å². The minimum atomic E-state index is -0.902. The third-order valence-electron chi connectivity index (χ3n) is 2.93. The number of nitrogens with two attached hydrogens (primary N) is 1. The highest BCUT2D eigenvalue weighted by atomic mass is 32.2. The van der Waals surface area contributed by atoms with Gasteiger partial charge in [-0.3, -0.25) is 9.59 Å². The van der Waals surface area contributed by atoms with Gasteiger partial charge in [0.2, 0.25) is 5.91 Å². The molecular formula is C13H16N4O3S. The second-order valence-corrected chi connectivity index (χ2v) is 5.54. The number of pyridine rings is 1. The van der Waals surface area contributed by atoms with E-state index in [1.54, 1.807) is 6.20 Å². The van der Waals surface area contributed by atoms with Gasteiger partial charge in [-0.25, -0.2) is 9.97 Å². The van der Waals surface area contributed by atoms with E-state index in [0.29, 0.717) is 23.8 Å². The van der Waals surface area contributed by atoms with Crippen molar-refractivity contribution in [1.82, 2.24) is 14.5 Å². The van der Waals surface area contributed by atoms with Crippen molar-refractivity contribution < 1.29 is 14.7 Å². The molecule has 2 aromatic heterocycles. The molecule has 0 aliphatic heterocycles. The van der Waals surface area contributed by atoms with Crippen molar-refractivity contribution in [3.63, 3.8) is 0 Å². The van der Waals surface area contributed by atoms with Gasteiger partial charge in [0.15, 0.2) is 10.8 Å². The standard InChI is InChI=1S/C13H16N4O3S/c1-8-4-5-15-12-11(8)16-13(21-7-10(19)20)17(12)6-2-3-9(14)18/h4-5H,2-3,6-7H2,1H3,(H2,14,18)(H,19,20). The Morgan fingerprint density at radius 1 is 1.48 bits per heavy atom. The van der Waals surface area contributed by atoms with Gasteiger partial charge in [0, 0.05) is 19.2 Å². The number of carboxylic acids is 1. The van der Waals surface area contributed by atoms with Crippen molar-refractivity contribution in [3.05, 3.63) is 17.8 Å². The molecule has 0 fully saturated rings. The fourth-order valence-corrected chi connectivity index (χ4v) is 2.71. The summed E-state index contributed by atoms with van der Waals surface area (Å²) in [5, 5.41) is 9.41. The number of nitrogens with zero attached hydrogens (tertiary/aromatic N) is 3. The number of aliphatic carboxylic acids is 1. The summed E-state index contributed by atoms with van der Waals surface area (Å²) >= 11 is 1.14. The molecule has 3 N–H and O–H groups in total. The molecule has 8 heteroatoms. The molecule has 2 rings (SSSR count). The van der Waals surface area contributed by atoms with Gasteiger partial charge < -0.3 is 15.4 Å². The Hall–Kier alpha value is -2.09. The first kappa shape index (κ1) is 15.3. The minimum absolute atomic E-state index is 0.0712. The van der Waals surface area contributed by atoms with Crippen molar-refractivity contribution >= 4 is 34.8 Å². The summed E-state index contributed by atoms with van der Waals surface area (Å²) < 4.78 is 1.85. The number of amides is 1. The molecule has 0 aliphatic carbocycles. The Morgan fingerprint density at radius 2 is 2.24 bits per heavy atom. The number of aromatic nitrogens is 3. The fraction of sp³-hybridized carbons (Fsp3) is 0.385. The number of imidazole rings is 1. The van der Waals surface area contributed by atoms with Crippen LogP contribution in [0.1, 0.15) is 18.4 Å². The topological polar surface area (TPSA) is 111 Å². The highest BCUT2D eigenvalue weighted by Crippen LogP contribution is 2.25. The third kappa shape index (κ3) is 3.72. The van der Waals surface area contributed by atoms with Crippen molar-refractivity contribution in [2.75, 3.05) is 5.75 Å². The Labute approximate surface area is 125 Å². The molecule has 7 nitrogen and oxygen atoms in total. The summed E-state index contributed by atoms with van der Waals surface area (Å²) in [6.45, 7) is 2.45. The van der Waals surface area contributed by atoms with Gasteiger partial charge in [-0.1, -0.05) is 11.8 Å². The van der Waals surface area contributed by atoms with Gasteiger partial charge in [0.05, 0.1) is 5.75 Å². The molecule has 0 atom stereocenters. The van der Waals surface area contributed by atoms with Crippen LogP contribution in [0.25, 0.3) is 11.2 Å². The predicted octanol–water partition coefficient (Wildman–Crippen LogP) is 1.18. The lowest BCUT2D eigenvalue weighted by molar-refractivity contribution is -0.133. The van der Waals surface area contributed by atoms with Crippen molar-refractivity contribution in [2.45, 2.75) is 31.5 Å². The SMILES string of the molecule is Cc1ccnc2c1nc(SCC(=O)O)n2CCCC(N)=O. The van der Waals surface area contributed by atoms with E-state index < -0.39 is 5.97 Å². The second-order valence-electron chi connectivity index (χ2n) is 4.60. The Bertz CT molecular complexity index is 683. The Balaban J connectivity index is 2.32. The number of thioether (sulfide) groups is 1. The van der Waals surface area contributed by atoms with E-state index in [4.69, 9.17) is 10.8 Å². The first-order valence-corrected chi connectivity index (χ1v) is 7.42. The number of carbonyl (C=O) groups is 2. The number of hydrogen-bond donors (Lipinski definition) is 2. The maximum absolute atomic E-state index is 10.8. The summed E-state index contributed by atoms with van der Waals surface area (Å²) in [6, 6.07) is 1.86. The zero-order valence-electron chi connectivity index (χ0n) is 11.6. The summed E-state index contributed by atoms with van der Waals surface area (Å²) in [7, 11) is 0. The van der Waals surface area contributed by atoms with E-state index in [9.17, 15) is 9.59 Å². The zero-order chi connectivity index (χ0) is 15.4. The number of carboxylic acid groups (broad SMARTS) is 1. The van der Waals surface area contributed by atoms with Crippen LogP contribution in [0, 0.1) is 6.92 Å². The monoisotopic (exact) mass is 308 g/mol. The maximum atomic E-state index is 10.8. The molecule has 0 saturated carbocycles. The van der Waals surface area contributed by atoms with Crippen LogP contribution in [-0.4, -0.2) is 37.3 Å². The van der Waals surface area contributed by atoms with E-state index in [2.05, 4.69) is 9.97 Å². The zero-order valence-corrected chi connectivity index (χ0v) is 12.4. The number of hydrogen-bond acceptors (Lipinski definition) is 5. The molecule has 1 amide bonds. The van der Waals surface area contributed by atoms with Crippen LogP contribution in [-0.2, 0) is 16.1 Å². The molecule has 21 heavy (non-hydrogen) atoms. The van der Waals surface area contributed by atoms with Crippen LogP contribution in [0.2, 0.25) is 0 Å². The van der Waals surface area contributed by atoms with Gasteiger partial charge >= 0.3 is 5.97 Å². The molecule has 0 aromatic carbocycles. The largest absolute Gasteiger partial charge is 0.481 e. The predicted molar refractivity (Wildman–Crippen MR) is 79.1 cm³/mol. The van der Waals surface area contributed by atoms with Crippen molar-refractivity contribution in [3.8, 4) is 0 Å². The maximum Gasteiger partial charge on any atom is 0.313 e. The lowest BCUT2D eigenvalue weighted by Gasteiger charge is -2.06. The summed E-state index contributed by atoms with van der Waals surface area (Å²) in [5.74, 6) is -1.33. The smallest absolute Gasteiger partial charge is 0.313 e. The van der Waals surface area contributed by atoms with Crippen LogP contribution in [0.4, 0.5) is 0 Å². The van der Waals surface area contributed by atoms with Gasteiger partial charge in [-0.05, 0) is 25.0 Å². The molecular weight excluding hydrogens is 292 g/mol. The molecule has 0 spiro atoms. The Kier molecular flexibility index (Phi) is 4.79. The van der Waals surface area contributed by atoms with Crippen molar-refractivity contribution in [2.24, 2.45) is 5.73 Å². The van der Waals surface area contributed by atoms with Crippen LogP contribution in [0.3, 0.4) is 0 Å². The van der Waals surface area contributed by atoms with Crippen LogP contribution in [0.5, 0.6) is 0 Å². The first-order valence-electron chi connectivity index (χ1n) is 6.43. The average Bonchev–Trinajstić information content (AvgIpc) is 2.76. The van der Waals surface area contributed by atoms with Crippen LogP contribution in [0.15, 0.2) is 17.4 Å². The number of primary amides is 1. The molecule has 0 bridgehead atoms. The summed E-state index contributed by atoms with van der Waals surface area (Å²) in [4.78, 5) is 30.4. The normalized spacial score (nSPS) is 10.9. The third-order valence-corrected chi connectivity index (χ3v) is 3.89. The van der Waals surface area contributed by atoms with Gasteiger partial charge in [-0.15, -0.1) is 0 Å². The van der Waals surface area contributed by atoms with Gasteiger partial charge in [-0.2, -0.15) is 0 Å². The van der Waals surface area contributed by atoms with Gasteiger partial charge in [0.1, 0.15) is 5.52 Å². The molecule has 0 unspecified atom stereocenters. The summed E-state index contributed by atoms with van der Waals surface area (Å²) in [5.41, 5.74) is 7.58. The second kappa shape index (κ2) is 6.57. The number of fused-ring (bicyclic) bond motifs is 1. The lowest BCUT2D eigenvalue weighted by Crippen LogP contribution is -2.12. The summed E-state index contributed by atoms with van der Waals surface area (Å²) in [6.07, 6.45) is 2.53. The molecule has 112 valence electrons. The van der Waals surface area contributed by atoms with E-state index in [1.807, 2.05) is 17.6 Å². The molecule has 0 radical (unpaired) electrons. The molecule has 2 aromatic rings. The molecule has 0 saturated heterocycles. The minimum Gasteiger partial charge on any atom is -0.481 e. The molecule has 0 aliphatic rings. The van der Waals surface area contributed by atoms with E-state index in [0.717, 1.165) is 22.8 Å². The number of rotatable bonds is 7. The number of aryl methyl sites for hydroxylation is 2.